The minimum absolute atomic E-state index is 0.431. The van der Waals surface area contributed by atoms with E-state index in [0.717, 1.165) is 28.1 Å². The summed E-state index contributed by atoms with van der Waals surface area (Å²) in [7, 11) is -7.07. The Morgan fingerprint density at radius 1 is 0.548 bits per heavy atom. The largest absolute Gasteiger partial charge is 0.308 e. The van der Waals surface area contributed by atoms with E-state index in [2.05, 4.69) is 17.0 Å². The third-order valence-electron chi connectivity index (χ3n) is 8.22. The minimum Gasteiger partial charge on any atom is -0.308 e. The molecule has 5 aromatic carbocycles. The van der Waals surface area contributed by atoms with E-state index in [1.54, 1.807) is 36.4 Å². The molecule has 5 aromatic rings. The summed E-state index contributed by atoms with van der Waals surface area (Å²) in [6.07, 6.45) is 0. The molecule has 7 rings (SSSR count). The van der Waals surface area contributed by atoms with E-state index in [1.165, 1.54) is 0 Å². The molecule has 7 heteroatoms. The van der Waals surface area contributed by atoms with E-state index in [9.17, 15) is 10.5 Å². The first-order valence-electron chi connectivity index (χ1n) is 13.6. The van der Waals surface area contributed by atoms with Gasteiger partial charge in [-0.3, -0.25) is 0 Å². The van der Waals surface area contributed by atoms with Crippen LogP contribution in [0.3, 0.4) is 0 Å². The molecule has 0 aromatic heterocycles. The molecule has 0 bridgehead atoms. The highest BCUT2D eigenvalue weighted by atomic mass is 31.2. The van der Waals surface area contributed by atoms with Gasteiger partial charge in [-0.2, -0.15) is 10.5 Å². The average Bonchev–Trinajstić information content (AvgIpc) is 3.01. The molecule has 0 saturated carbocycles. The highest BCUT2D eigenvalue weighted by Crippen LogP contribution is 2.60. The molecule has 0 fully saturated rings. The molecule has 0 amide bonds. The second kappa shape index (κ2) is 9.17. The molecule has 2 aliphatic heterocycles. The molecule has 2 aliphatic rings. The average molecular weight is 582 g/mol. The predicted molar refractivity (Wildman–Crippen MR) is 171 cm³/mol. The van der Waals surface area contributed by atoms with Crippen LogP contribution in [0.4, 0.5) is 17.1 Å². The molecule has 2 heterocycles. The number of nitriles is 2. The minimum atomic E-state index is -3.53. The third kappa shape index (κ3) is 3.49. The van der Waals surface area contributed by atoms with E-state index < -0.39 is 14.3 Å². The summed E-state index contributed by atoms with van der Waals surface area (Å²) >= 11 is 0. The van der Waals surface area contributed by atoms with Crippen LogP contribution in [0.2, 0.25) is 0 Å². The molecule has 0 saturated heterocycles. The standard InChI is InChI=1S/C35H25N3O2P2/c1-22-10-12-29-31(14-22)41(39,27-8-4-6-25(18-27)20-36)33-16-24(3)17-34-35(33)38(29)30-13-11-23(2)15-32(30)42(34,40)28-9-5-7-26(19-28)21-37/h4-19H,1-3H3. The summed E-state index contributed by atoms with van der Waals surface area (Å²) in [5, 5.41) is 23.2. The highest BCUT2D eigenvalue weighted by molar-refractivity contribution is 7.88. The Morgan fingerprint density at radius 3 is 1.40 bits per heavy atom. The van der Waals surface area contributed by atoms with Gasteiger partial charge in [-0.05, 0) is 87.0 Å². The summed E-state index contributed by atoms with van der Waals surface area (Å²) in [6, 6.07) is 34.3. The number of benzene rings is 5. The lowest BCUT2D eigenvalue weighted by Gasteiger charge is -2.44. The number of hydrogen-bond acceptors (Lipinski definition) is 5. The topological polar surface area (TPSA) is 85.0 Å². The first-order chi connectivity index (χ1) is 20.2. The van der Waals surface area contributed by atoms with Gasteiger partial charge in [0.1, 0.15) is 0 Å². The van der Waals surface area contributed by atoms with Crippen LogP contribution in [0.15, 0.2) is 97.1 Å². The molecule has 0 spiro atoms. The zero-order valence-electron chi connectivity index (χ0n) is 23.3. The first kappa shape index (κ1) is 26.3. The normalized spacial score (nSPS) is 19.6. The molecule has 2 atom stereocenters. The summed E-state index contributed by atoms with van der Waals surface area (Å²) in [5.74, 6) is 0. The zero-order chi connectivity index (χ0) is 29.4. The predicted octanol–water partition coefficient (Wildman–Crippen LogP) is 5.73. The fourth-order valence-electron chi connectivity index (χ4n) is 6.33. The fourth-order valence-corrected chi connectivity index (χ4v) is 12.9. The maximum Gasteiger partial charge on any atom is 0.175 e. The Kier molecular flexibility index (Phi) is 5.73. The van der Waals surface area contributed by atoms with Gasteiger partial charge >= 0.3 is 0 Å². The van der Waals surface area contributed by atoms with Gasteiger partial charge in [-0.25, -0.2) is 0 Å². The number of aryl methyl sites for hydroxylation is 3. The Balaban J connectivity index is 1.68. The second-order valence-corrected chi connectivity index (χ2v) is 16.4. The lowest BCUT2D eigenvalue weighted by molar-refractivity contribution is 0.592. The van der Waals surface area contributed by atoms with Crippen molar-refractivity contribution in [3.05, 3.63) is 125 Å². The second-order valence-electron chi connectivity index (χ2n) is 11.0. The molecule has 5 nitrogen and oxygen atoms in total. The highest BCUT2D eigenvalue weighted by Gasteiger charge is 2.49. The maximum absolute atomic E-state index is 15.8. The number of hydrogen-bond donors (Lipinski definition) is 0. The fraction of sp³-hybridized carbons (Fsp3) is 0.0857. The van der Waals surface area contributed by atoms with E-state index in [0.29, 0.717) is 48.6 Å². The molecule has 42 heavy (non-hydrogen) atoms. The first-order valence-corrected chi connectivity index (χ1v) is 17.0. The van der Waals surface area contributed by atoms with Gasteiger partial charge in [-0.15, -0.1) is 0 Å². The molecule has 202 valence electrons. The molecule has 2 unspecified atom stereocenters. The van der Waals surface area contributed by atoms with Crippen molar-refractivity contribution in [2.24, 2.45) is 0 Å². The third-order valence-corrected chi connectivity index (χ3v) is 14.3. The monoisotopic (exact) mass is 581 g/mol. The zero-order valence-corrected chi connectivity index (χ0v) is 25.1. The van der Waals surface area contributed by atoms with E-state index >= 15 is 9.13 Å². The van der Waals surface area contributed by atoms with Gasteiger partial charge in [0.2, 0.25) is 0 Å². The van der Waals surface area contributed by atoms with E-state index in [-0.39, 0.29) is 0 Å². The van der Waals surface area contributed by atoms with Crippen LogP contribution in [0, 0.1) is 43.4 Å². The van der Waals surface area contributed by atoms with Crippen LogP contribution < -0.4 is 36.7 Å². The summed E-state index contributed by atoms with van der Waals surface area (Å²) < 4.78 is 31.7. The number of rotatable bonds is 2. The van der Waals surface area contributed by atoms with Crippen LogP contribution in [0.1, 0.15) is 27.8 Å². The Hall–Kier alpha value is -4.66. The Labute approximate surface area is 245 Å². The lowest BCUT2D eigenvalue weighted by atomic mass is 10.1. The quantitative estimate of drug-likeness (QED) is 0.244. The molecule has 0 aliphatic carbocycles. The molecule has 0 N–H and O–H groups in total. The van der Waals surface area contributed by atoms with E-state index in [4.69, 9.17) is 0 Å². The summed E-state index contributed by atoms with van der Waals surface area (Å²) in [6.45, 7) is 5.90. The Bertz CT molecular complexity index is 2040. The van der Waals surface area contributed by atoms with Crippen molar-refractivity contribution in [3.8, 4) is 12.1 Å². The number of fused-ring (bicyclic) bond motifs is 4. The van der Waals surface area contributed by atoms with Crippen molar-refractivity contribution in [1.82, 2.24) is 0 Å². The summed E-state index contributed by atoms with van der Waals surface area (Å²) in [5.41, 5.74) is 5.84. The SMILES string of the molecule is Cc1ccc2c(c1)P(=O)(c1cccc(C#N)c1)c1cc(C)cc3c1N2c1ccc(C)cc1P3(=O)c1cccc(C#N)c1. The lowest BCUT2D eigenvalue weighted by Crippen LogP contribution is -2.46. The maximum atomic E-state index is 15.8. The van der Waals surface area contributed by atoms with Crippen molar-refractivity contribution in [2.45, 2.75) is 20.8 Å². The van der Waals surface area contributed by atoms with Crippen LogP contribution in [0.25, 0.3) is 0 Å². The number of anilines is 3. The van der Waals surface area contributed by atoms with Crippen molar-refractivity contribution >= 4 is 63.2 Å². The Morgan fingerprint density at radius 2 is 0.976 bits per heavy atom. The van der Waals surface area contributed by atoms with Crippen molar-refractivity contribution in [1.29, 1.82) is 10.5 Å². The molecular formula is C35H25N3O2P2. The smallest absolute Gasteiger partial charge is 0.175 e. The molecule has 0 radical (unpaired) electrons. The van der Waals surface area contributed by atoms with Crippen LogP contribution in [-0.4, -0.2) is 0 Å². The van der Waals surface area contributed by atoms with Crippen molar-refractivity contribution in [2.75, 3.05) is 4.90 Å². The van der Waals surface area contributed by atoms with Crippen LogP contribution >= 0.6 is 14.3 Å². The van der Waals surface area contributed by atoms with Gasteiger partial charge in [0, 0.05) is 31.8 Å². The van der Waals surface area contributed by atoms with Gasteiger partial charge in [0.05, 0.1) is 40.3 Å². The van der Waals surface area contributed by atoms with Crippen LogP contribution in [0.5, 0.6) is 0 Å². The number of nitrogens with zero attached hydrogens (tertiary/aromatic N) is 3. The van der Waals surface area contributed by atoms with Crippen molar-refractivity contribution < 1.29 is 9.13 Å². The van der Waals surface area contributed by atoms with Gasteiger partial charge in [-0.1, -0.05) is 47.5 Å². The van der Waals surface area contributed by atoms with E-state index in [1.807, 2.05) is 81.4 Å². The van der Waals surface area contributed by atoms with Crippen molar-refractivity contribution in [3.63, 3.8) is 0 Å². The van der Waals surface area contributed by atoms with Gasteiger partial charge in [0.25, 0.3) is 0 Å². The van der Waals surface area contributed by atoms with Gasteiger partial charge < -0.3 is 14.0 Å². The summed E-state index contributed by atoms with van der Waals surface area (Å²) in [4.78, 5) is 2.11. The van der Waals surface area contributed by atoms with Crippen LogP contribution in [-0.2, 0) is 9.13 Å². The van der Waals surface area contributed by atoms with Gasteiger partial charge in [0.15, 0.2) is 14.3 Å². The molecular weight excluding hydrogens is 556 g/mol.